The second-order valence-electron chi connectivity index (χ2n) is 5.29. The van der Waals surface area contributed by atoms with Crippen LogP contribution in [0.2, 0.25) is 5.15 Å². The zero-order chi connectivity index (χ0) is 13.3. The lowest BCUT2D eigenvalue weighted by Gasteiger charge is -2.19. The van der Waals surface area contributed by atoms with E-state index in [-0.39, 0.29) is 5.41 Å². The minimum Gasteiger partial charge on any atom is -0.382 e. The maximum atomic E-state index is 5.84. The van der Waals surface area contributed by atoms with Gasteiger partial charge in [0.1, 0.15) is 0 Å². The minimum atomic E-state index is 0.137. The van der Waals surface area contributed by atoms with Crippen LogP contribution in [0.25, 0.3) is 11.1 Å². The number of aromatic nitrogens is 2. The fraction of sp³-hybridized carbons (Fsp3) is 0.286. The number of hydrogen-bond acceptors (Lipinski definition) is 3. The van der Waals surface area contributed by atoms with Crippen molar-refractivity contribution in [2.75, 3.05) is 5.73 Å². The van der Waals surface area contributed by atoms with Crippen molar-refractivity contribution in [2.24, 2.45) is 0 Å². The molecule has 18 heavy (non-hydrogen) atoms. The fourth-order valence-corrected chi connectivity index (χ4v) is 1.91. The topological polar surface area (TPSA) is 51.8 Å². The summed E-state index contributed by atoms with van der Waals surface area (Å²) in [6, 6.07) is 10.00. The van der Waals surface area contributed by atoms with E-state index in [0.29, 0.717) is 11.0 Å². The van der Waals surface area contributed by atoms with Gasteiger partial charge in [-0.15, -0.1) is 10.2 Å². The van der Waals surface area contributed by atoms with E-state index in [1.165, 1.54) is 5.56 Å². The largest absolute Gasteiger partial charge is 0.382 e. The molecule has 0 bridgehead atoms. The normalized spacial score (nSPS) is 11.6. The molecule has 2 rings (SSSR count). The van der Waals surface area contributed by atoms with Gasteiger partial charge in [-0.05, 0) is 22.6 Å². The highest BCUT2D eigenvalue weighted by molar-refractivity contribution is 6.29. The number of hydrogen-bond donors (Lipinski definition) is 1. The molecular formula is C14H16ClN3. The number of halogens is 1. The molecule has 1 heterocycles. The minimum absolute atomic E-state index is 0.137. The molecule has 2 aromatic rings. The quantitative estimate of drug-likeness (QED) is 0.852. The van der Waals surface area contributed by atoms with Crippen LogP contribution < -0.4 is 5.73 Å². The van der Waals surface area contributed by atoms with E-state index in [2.05, 4.69) is 43.1 Å². The van der Waals surface area contributed by atoms with Gasteiger partial charge in [0.05, 0.1) is 0 Å². The Kier molecular flexibility index (Phi) is 3.26. The summed E-state index contributed by atoms with van der Waals surface area (Å²) in [4.78, 5) is 0. The van der Waals surface area contributed by atoms with Gasteiger partial charge in [0.2, 0.25) is 0 Å². The Morgan fingerprint density at radius 2 is 1.67 bits per heavy atom. The van der Waals surface area contributed by atoms with Crippen molar-refractivity contribution in [3.05, 3.63) is 41.0 Å². The van der Waals surface area contributed by atoms with E-state index in [0.717, 1.165) is 11.1 Å². The number of rotatable bonds is 1. The molecule has 0 atom stereocenters. The first kappa shape index (κ1) is 12.8. The van der Waals surface area contributed by atoms with Crippen molar-refractivity contribution < 1.29 is 0 Å². The molecular weight excluding hydrogens is 246 g/mol. The third kappa shape index (κ3) is 2.62. The molecule has 1 aromatic heterocycles. The molecule has 0 fully saturated rings. The number of nitrogens with zero attached hydrogens (tertiary/aromatic N) is 2. The van der Waals surface area contributed by atoms with E-state index in [1.54, 1.807) is 6.07 Å². The predicted octanol–water partition coefficient (Wildman–Crippen LogP) is 3.68. The first-order valence-corrected chi connectivity index (χ1v) is 6.15. The molecule has 3 nitrogen and oxygen atoms in total. The van der Waals surface area contributed by atoms with Gasteiger partial charge in [-0.2, -0.15) is 0 Å². The van der Waals surface area contributed by atoms with Gasteiger partial charge in [-0.1, -0.05) is 56.6 Å². The van der Waals surface area contributed by atoms with Crippen LogP contribution in [0.15, 0.2) is 30.3 Å². The SMILES string of the molecule is CC(C)(C)c1ccc(-c2cc(Cl)nnc2N)cc1. The Hall–Kier alpha value is -1.61. The summed E-state index contributed by atoms with van der Waals surface area (Å²) in [5, 5.41) is 7.88. The highest BCUT2D eigenvalue weighted by Crippen LogP contribution is 2.29. The molecule has 4 heteroatoms. The molecule has 1 aromatic carbocycles. The van der Waals surface area contributed by atoms with Gasteiger partial charge in [0.25, 0.3) is 0 Å². The van der Waals surface area contributed by atoms with Crippen LogP contribution in [0, 0.1) is 0 Å². The Balaban J connectivity index is 2.43. The van der Waals surface area contributed by atoms with Gasteiger partial charge < -0.3 is 5.73 Å². The van der Waals surface area contributed by atoms with E-state index >= 15 is 0 Å². The monoisotopic (exact) mass is 261 g/mol. The van der Waals surface area contributed by atoms with Gasteiger partial charge in [-0.3, -0.25) is 0 Å². The standard InChI is InChI=1S/C14H16ClN3/c1-14(2,3)10-6-4-9(5-7-10)11-8-12(15)17-18-13(11)16/h4-8H,1-3H3,(H2,16,18). The van der Waals surface area contributed by atoms with Crippen molar-refractivity contribution in [3.8, 4) is 11.1 Å². The highest BCUT2D eigenvalue weighted by atomic mass is 35.5. The van der Waals surface area contributed by atoms with E-state index in [9.17, 15) is 0 Å². The summed E-state index contributed by atoms with van der Waals surface area (Å²) in [7, 11) is 0. The summed E-state index contributed by atoms with van der Waals surface area (Å²) < 4.78 is 0. The smallest absolute Gasteiger partial charge is 0.154 e. The van der Waals surface area contributed by atoms with Gasteiger partial charge >= 0.3 is 0 Å². The molecule has 0 aliphatic carbocycles. The van der Waals surface area contributed by atoms with Gasteiger partial charge in [0.15, 0.2) is 11.0 Å². The van der Waals surface area contributed by atoms with Crippen molar-refractivity contribution in [1.29, 1.82) is 0 Å². The Labute approximate surface area is 112 Å². The maximum absolute atomic E-state index is 5.84. The average molecular weight is 262 g/mol. The molecule has 94 valence electrons. The summed E-state index contributed by atoms with van der Waals surface area (Å²) >= 11 is 5.84. The lowest BCUT2D eigenvalue weighted by molar-refractivity contribution is 0.590. The molecule has 0 aliphatic heterocycles. The van der Waals surface area contributed by atoms with Crippen LogP contribution in [-0.2, 0) is 5.41 Å². The third-order valence-electron chi connectivity index (χ3n) is 2.85. The molecule has 2 N–H and O–H groups in total. The number of benzene rings is 1. The van der Waals surface area contributed by atoms with E-state index < -0.39 is 0 Å². The van der Waals surface area contributed by atoms with Crippen molar-refractivity contribution >= 4 is 17.4 Å². The Morgan fingerprint density at radius 3 is 2.22 bits per heavy atom. The van der Waals surface area contributed by atoms with Crippen molar-refractivity contribution in [3.63, 3.8) is 0 Å². The van der Waals surface area contributed by atoms with Gasteiger partial charge in [0, 0.05) is 5.56 Å². The van der Waals surface area contributed by atoms with Crippen LogP contribution in [0.1, 0.15) is 26.3 Å². The number of nitrogens with two attached hydrogens (primary N) is 1. The zero-order valence-corrected chi connectivity index (χ0v) is 11.5. The maximum Gasteiger partial charge on any atom is 0.154 e. The Morgan fingerprint density at radius 1 is 1.06 bits per heavy atom. The van der Waals surface area contributed by atoms with Crippen molar-refractivity contribution in [2.45, 2.75) is 26.2 Å². The van der Waals surface area contributed by atoms with Crippen LogP contribution in [-0.4, -0.2) is 10.2 Å². The van der Waals surface area contributed by atoms with Crippen LogP contribution in [0.3, 0.4) is 0 Å². The number of anilines is 1. The lowest BCUT2D eigenvalue weighted by Crippen LogP contribution is -2.10. The average Bonchev–Trinajstić information content (AvgIpc) is 2.31. The second kappa shape index (κ2) is 4.58. The van der Waals surface area contributed by atoms with Crippen LogP contribution >= 0.6 is 11.6 Å². The van der Waals surface area contributed by atoms with E-state index in [1.807, 2.05) is 12.1 Å². The molecule has 0 saturated heterocycles. The lowest BCUT2D eigenvalue weighted by atomic mass is 9.86. The fourth-order valence-electron chi connectivity index (χ4n) is 1.76. The second-order valence-corrected chi connectivity index (χ2v) is 5.68. The number of nitrogen functional groups attached to an aromatic ring is 1. The summed E-state index contributed by atoms with van der Waals surface area (Å²) in [5.41, 5.74) is 9.04. The first-order valence-electron chi connectivity index (χ1n) is 5.77. The Bertz CT molecular complexity index is 556. The van der Waals surface area contributed by atoms with Gasteiger partial charge in [-0.25, -0.2) is 0 Å². The first-order chi connectivity index (χ1) is 8.38. The highest BCUT2D eigenvalue weighted by Gasteiger charge is 2.13. The van der Waals surface area contributed by atoms with Crippen LogP contribution in [0.4, 0.5) is 5.82 Å². The summed E-state index contributed by atoms with van der Waals surface area (Å²) in [6.07, 6.45) is 0. The molecule has 0 unspecified atom stereocenters. The summed E-state index contributed by atoms with van der Waals surface area (Å²) in [6.45, 7) is 6.55. The summed E-state index contributed by atoms with van der Waals surface area (Å²) in [5.74, 6) is 0.392. The van der Waals surface area contributed by atoms with E-state index in [4.69, 9.17) is 17.3 Å². The molecule has 0 amide bonds. The predicted molar refractivity (Wildman–Crippen MR) is 75.6 cm³/mol. The molecule has 0 spiro atoms. The molecule has 0 aliphatic rings. The zero-order valence-electron chi connectivity index (χ0n) is 10.7. The molecule has 0 saturated carbocycles. The van der Waals surface area contributed by atoms with Crippen molar-refractivity contribution in [1.82, 2.24) is 10.2 Å². The molecule has 0 radical (unpaired) electrons. The third-order valence-corrected chi connectivity index (χ3v) is 3.04. The van der Waals surface area contributed by atoms with Crippen LogP contribution in [0.5, 0.6) is 0 Å².